The van der Waals surface area contributed by atoms with Crippen molar-refractivity contribution in [2.24, 2.45) is 0 Å². The van der Waals surface area contributed by atoms with Crippen molar-refractivity contribution in [3.05, 3.63) is 64.0 Å². The van der Waals surface area contributed by atoms with Crippen LogP contribution >= 0.6 is 0 Å². The van der Waals surface area contributed by atoms with Crippen LogP contribution in [-0.2, 0) is 4.74 Å². The molecule has 2 aliphatic rings. The lowest BCUT2D eigenvalue weighted by Gasteiger charge is -2.30. The molecule has 3 aromatic heterocycles. The third-order valence-electron chi connectivity index (χ3n) is 6.54. The Hall–Kier alpha value is -2.93. The lowest BCUT2D eigenvalue weighted by molar-refractivity contribution is 0.0872. The summed E-state index contributed by atoms with van der Waals surface area (Å²) in [4.78, 5) is 29.9. The fraction of sp³-hybridized carbons (Fsp3) is 0.458. The topological polar surface area (TPSA) is 86.4 Å². The Labute approximate surface area is 180 Å². The Bertz CT molecular complexity index is 1150. The molecule has 0 aromatic carbocycles. The summed E-state index contributed by atoms with van der Waals surface area (Å²) >= 11 is 0. The number of carbonyl (C=O) groups excluding carboxylic acids is 1. The maximum absolute atomic E-state index is 12.9. The molecule has 7 nitrogen and oxygen atoms in total. The van der Waals surface area contributed by atoms with Crippen LogP contribution in [0.15, 0.2) is 45.9 Å². The first-order valence-corrected chi connectivity index (χ1v) is 11.1. The Morgan fingerprint density at radius 1 is 1.19 bits per heavy atom. The Kier molecular flexibility index (Phi) is 5.36. The largest absolute Gasteiger partial charge is 0.424 e. The minimum Gasteiger partial charge on any atom is -0.424 e. The van der Waals surface area contributed by atoms with Crippen LogP contribution < -0.4 is 10.9 Å². The van der Waals surface area contributed by atoms with Crippen LogP contribution in [0, 0.1) is 6.92 Å². The van der Waals surface area contributed by atoms with Gasteiger partial charge in [-0.25, -0.2) is 9.78 Å². The van der Waals surface area contributed by atoms with Crippen LogP contribution in [0.3, 0.4) is 0 Å². The number of rotatable bonds is 4. The molecule has 0 spiro atoms. The van der Waals surface area contributed by atoms with Crippen molar-refractivity contribution >= 4 is 16.9 Å². The number of carbonyl (C=O) groups is 1. The number of ether oxygens (including phenoxy) is 1. The van der Waals surface area contributed by atoms with E-state index in [-0.39, 0.29) is 23.6 Å². The van der Waals surface area contributed by atoms with E-state index in [1.165, 1.54) is 0 Å². The minimum absolute atomic E-state index is 0.0511. The van der Waals surface area contributed by atoms with E-state index in [9.17, 15) is 9.59 Å². The minimum atomic E-state index is -0.582. The van der Waals surface area contributed by atoms with E-state index in [0.29, 0.717) is 24.0 Å². The summed E-state index contributed by atoms with van der Waals surface area (Å²) in [7, 11) is 0. The van der Waals surface area contributed by atoms with Gasteiger partial charge in [0.1, 0.15) is 23.1 Å². The summed E-state index contributed by atoms with van der Waals surface area (Å²) in [6.07, 6.45) is 9.17. The third-order valence-corrected chi connectivity index (χ3v) is 6.54. The first-order chi connectivity index (χ1) is 15.1. The van der Waals surface area contributed by atoms with E-state index in [4.69, 9.17) is 9.15 Å². The van der Waals surface area contributed by atoms with Gasteiger partial charge in [0, 0.05) is 36.5 Å². The van der Waals surface area contributed by atoms with Crippen molar-refractivity contribution in [3.8, 4) is 0 Å². The van der Waals surface area contributed by atoms with Gasteiger partial charge in [0.2, 0.25) is 0 Å². The Balaban J connectivity index is 1.24. The molecule has 1 aliphatic heterocycles. The quantitative estimate of drug-likeness (QED) is 0.686. The summed E-state index contributed by atoms with van der Waals surface area (Å²) in [5, 5.41) is 4.20. The zero-order valence-corrected chi connectivity index (χ0v) is 17.7. The van der Waals surface area contributed by atoms with Gasteiger partial charge in [-0.1, -0.05) is 0 Å². The van der Waals surface area contributed by atoms with E-state index >= 15 is 0 Å². The fourth-order valence-corrected chi connectivity index (χ4v) is 4.90. The van der Waals surface area contributed by atoms with Crippen LogP contribution in [0.25, 0.3) is 11.0 Å². The molecule has 1 aliphatic carbocycles. The second-order valence-corrected chi connectivity index (χ2v) is 8.61. The van der Waals surface area contributed by atoms with Gasteiger partial charge >= 0.3 is 5.63 Å². The number of pyridine rings is 1. The molecule has 3 aromatic rings. The van der Waals surface area contributed by atoms with Gasteiger partial charge in [0.15, 0.2) is 0 Å². The molecule has 31 heavy (non-hydrogen) atoms. The molecular formula is C24H27N3O4. The molecular weight excluding hydrogens is 394 g/mol. The highest BCUT2D eigenvalue weighted by Crippen LogP contribution is 2.32. The van der Waals surface area contributed by atoms with Gasteiger partial charge in [-0.15, -0.1) is 0 Å². The van der Waals surface area contributed by atoms with Gasteiger partial charge < -0.3 is 19.0 Å². The number of hydrogen-bond acceptors (Lipinski definition) is 5. The number of aromatic nitrogens is 2. The molecule has 1 saturated heterocycles. The number of amides is 1. The molecule has 5 rings (SSSR count). The van der Waals surface area contributed by atoms with E-state index in [0.717, 1.165) is 49.6 Å². The van der Waals surface area contributed by atoms with Crippen LogP contribution in [0.5, 0.6) is 0 Å². The number of hydrogen-bond donors (Lipinski definition) is 1. The average Bonchev–Trinajstić information content (AvgIpc) is 3.44. The number of aryl methyl sites for hydroxylation is 1. The molecule has 0 bridgehead atoms. The molecule has 1 amide bonds. The highest BCUT2D eigenvalue weighted by atomic mass is 16.5. The van der Waals surface area contributed by atoms with E-state index in [1.807, 2.05) is 12.3 Å². The number of fused-ring (bicyclic) bond motifs is 1. The van der Waals surface area contributed by atoms with Gasteiger partial charge in [-0.05, 0) is 75.3 Å². The van der Waals surface area contributed by atoms with Crippen molar-refractivity contribution in [1.82, 2.24) is 14.9 Å². The fourth-order valence-electron chi connectivity index (χ4n) is 4.90. The van der Waals surface area contributed by atoms with Gasteiger partial charge in [0.05, 0.1) is 0 Å². The molecule has 1 atom stereocenters. The molecule has 7 heteroatoms. The highest BCUT2D eigenvalue weighted by Gasteiger charge is 2.28. The van der Waals surface area contributed by atoms with E-state index in [1.54, 1.807) is 13.0 Å². The summed E-state index contributed by atoms with van der Waals surface area (Å²) in [5.74, 6) is 0.172. The van der Waals surface area contributed by atoms with Gasteiger partial charge in [-0.2, -0.15) is 0 Å². The van der Waals surface area contributed by atoms with Crippen molar-refractivity contribution in [2.75, 3.05) is 6.61 Å². The van der Waals surface area contributed by atoms with Crippen LogP contribution in [0.4, 0.5) is 0 Å². The molecule has 0 radical (unpaired) electrons. The van der Waals surface area contributed by atoms with Crippen molar-refractivity contribution < 1.29 is 13.9 Å². The summed E-state index contributed by atoms with van der Waals surface area (Å²) in [6, 6.07) is 8.31. The smallest absolute Gasteiger partial charge is 0.349 e. The maximum atomic E-state index is 12.9. The monoisotopic (exact) mass is 421 g/mol. The molecule has 2 fully saturated rings. The molecule has 1 unspecified atom stereocenters. The normalized spacial score (nSPS) is 23.8. The summed E-state index contributed by atoms with van der Waals surface area (Å²) < 4.78 is 13.3. The number of nitrogens with zero attached hydrogens (tertiary/aromatic N) is 2. The number of nitrogens with one attached hydrogen (secondary N) is 1. The van der Waals surface area contributed by atoms with E-state index < -0.39 is 5.63 Å². The lowest BCUT2D eigenvalue weighted by Crippen LogP contribution is -2.40. The zero-order valence-electron chi connectivity index (χ0n) is 17.7. The predicted molar refractivity (Wildman–Crippen MR) is 116 cm³/mol. The summed E-state index contributed by atoms with van der Waals surface area (Å²) in [6.45, 7) is 2.46. The second-order valence-electron chi connectivity index (χ2n) is 8.61. The first kappa shape index (κ1) is 20.0. The van der Waals surface area contributed by atoms with Gasteiger partial charge in [-0.3, -0.25) is 4.79 Å². The second kappa shape index (κ2) is 8.30. The Morgan fingerprint density at radius 2 is 2.03 bits per heavy atom. The zero-order chi connectivity index (χ0) is 21.4. The Morgan fingerprint density at radius 3 is 2.77 bits per heavy atom. The van der Waals surface area contributed by atoms with Crippen LogP contribution in [-0.4, -0.2) is 28.1 Å². The molecule has 1 N–H and O–H groups in total. The molecule has 162 valence electrons. The van der Waals surface area contributed by atoms with Crippen molar-refractivity contribution in [1.29, 1.82) is 0 Å². The summed E-state index contributed by atoms with van der Waals surface area (Å²) in [5.41, 5.74) is 1.17. The lowest BCUT2D eigenvalue weighted by atomic mass is 9.90. The highest BCUT2D eigenvalue weighted by molar-refractivity contribution is 5.95. The third kappa shape index (κ3) is 3.90. The van der Waals surface area contributed by atoms with E-state index in [2.05, 4.69) is 33.2 Å². The average molecular weight is 421 g/mol. The van der Waals surface area contributed by atoms with Crippen LogP contribution in [0.2, 0.25) is 0 Å². The SMILES string of the molecule is Cc1cc(C2CCCO2)oc(=O)c1C(=O)NC1CCC(n2ccc3cccnc32)CC1. The molecule has 4 heterocycles. The first-order valence-electron chi connectivity index (χ1n) is 11.1. The van der Waals surface area contributed by atoms with Crippen LogP contribution in [0.1, 0.15) is 72.4 Å². The molecule has 1 saturated carbocycles. The van der Waals surface area contributed by atoms with Crippen molar-refractivity contribution in [2.45, 2.75) is 63.6 Å². The van der Waals surface area contributed by atoms with Crippen molar-refractivity contribution in [3.63, 3.8) is 0 Å². The maximum Gasteiger partial charge on any atom is 0.349 e. The predicted octanol–water partition coefficient (Wildman–Crippen LogP) is 4.06. The van der Waals surface area contributed by atoms with Gasteiger partial charge in [0.25, 0.3) is 5.91 Å². The standard InChI is InChI=1S/C24H27N3O4/c1-15-14-20(19-5-3-13-30-19)31-24(29)21(15)23(28)26-17-6-8-18(9-7-17)27-12-10-16-4-2-11-25-22(16)27/h2,4,10-12,14,17-19H,3,5-9,13H2,1H3,(H,26,28).